The summed E-state index contributed by atoms with van der Waals surface area (Å²) < 4.78 is 29.4. The molecule has 2 saturated carbocycles. The van der Waals surface area contributed by atoms with Gasteiger partial charge in [-0.15, -0.1) is 0 Å². The molecule has 0 amide bonds. The maximum atomic E-state index is 11.7. The Morgan fingerprint density at radius 3 is 2.40 bits per heavy atom. The molecule has 5 heteroatoms. The van der Waals surface area contributed by atoms with Gasteiger partial charge < -0.3 is 10.5 Å². The van der Waals surface area contributed by atoms with E-state index in [1.165, 1.54) is 31.9 Å². The molecule has 4 nitrogen and oxygen atoms in total. The first-order chi connectivity index (χ1) is 9.50. The third kappa shape index (κ3) is 4.43. The van der Waals surface area contributed by atoms with Gasteiger partial charge in [-0.25, -0.2) is 8.42 Å². The Kier molecular flexibility index (Phi) is 5.87. The fourth-order valence-corrected chi connectivity index (χ4v) is 4.88. The maximum absolute atomic E-state index is 11.7. The van der Waals surface area contributed by atoms with Crippen molar-refractivity contribution in [3.8, 4) is 0 Å². The molecule has 0 saturated heterocycles. The highest BCUT2D eigenvalue weighted by molar-refractivity contribution is 7.91. The van der Waals surface area contributed by atoms with Crippen LogP contribution in [-0.2, 0) is 14.6 Å². The highest BCUT2D eigenvalue weighted by atomic mass is 32.2. The summed E-state index contributed by atoms with van der Waals surface area (Å²) >= 11 is 0. The van der Waals surface area contributed by atoms with Gasteiger partial charge in [0.05, 0.1) is 18.0 Å². The van der Waals surface area contributed by atoms with E-state index < -0.39 is 9.84 Å². The van der Waals surface area contributed by atoms with Gasteiger partial charge in [-0.05, 0) is 56.9 Å². The van der Waals surface area contributed by atoms with Gasteiger partial charge >= 0.3 is 0 Å². The molecule has 0 aromatic heterocycles. The molecule has 0 heterocycles. The molecule has 4 atom stereocenters. The predicted octanol–water partition coefficient (Wildman–Crippen LogP) is 2.12. The van der Waals surface area contributed by atoms with E-state index in [2.05, 4.69) is 0 Å². The first-order valence-corrected chi connectivity index (χ1v) is 9.96. The molecule has 0 spiro atoms. The lowest BCUT2D eigenvalue weighted by atomic mass is 9.80. The Labute approximate surface area is 123 Å². The van der Waals surface area contributed by atoms with Gasteiger partial charge in [0.1, 0.15) is 9.84 Å². The van der Waals surface area contributed by atoms with Crippen molar-refractivity contribution in [1.29, 1.82) is 0 Å². The van der Waals surface area contributed by atoms with E-state index in [0.29, 0.717) is 18.3 Å². The molecule has 2 N–H and O–H groups in total. The van der Waals surface area contributed by atoms with Crippen LogP contribution in [0.3, 0.4) is 0 Å². The van der Waals surface area contributed by atoms with Crippen LogP contribution in [0.25, 0.3) is 0 Å². The van der Waals surface area contributed by atoms with Gasteiger partial charge in [-0.2, -0.15) is 0 Å². The van der Waals surface area contributed by atoms with Crippen molar-refractivity contribution in [2.75, 3.05) is 19.4 Å². The Hall–Kier alpha value is -0.130. The Bertz CT molecular complexity index is 396. The van der Waals surface area contributed by atoms with Crippen molar-refractivity contribution in [1.82, 2.24) is 0 Å². The molecule has 118 valence electrons. The Morgan fingerprint density at radius 2 is 1.75 bits per heavy atom. The number of nitrogens with two attached hydrogens (primary N) is 1. The lowest BCUT2D eigenvalue weighted by Crippen LogP contribution is -2.35. The summed E-state index contributed by atoms with van der Waals surface area (Å²) in [5.74, 6) is 1.17. The van der Waals surface area contributed by atoms with Gasteiger partial charge in [0.15, 0.2) is 0 Å². The van der Waals surface area contributed by atoms with Gasteiger partial charge in [0, 0.05) is 6.26 Å². The number of sulfone groups is 1. The van der Waals surface area contributed by atoms with Crippen molar-refractivity contribution >= 4 is 9.84 Å². The molecule has 0 aromatic carbocycles. The molecule has 2 rings (SSSR count). The van der Waals surface area contributed by atoms with E-state index in [-0.39, 0.29) is 11.4 Å². The average Bonchev–Trinajstić information content (AvgIpc) is 2.45. The number of hydrogen-bond donors (Lipinski definition) is 1. The first-order valence-electron chi connectivity index (χ1n) is 8.01. The van der Waals surface area contributed by atoms with E-state index in [4.69, 9.17) is 10.5 Å². The van der Waals surface area contributed by atoms with Crippen molar-refractivity contribution in [3.05, 3.63) is 0 Å². The summed E-state index contributed by atoms with van der Waals surface area (Å²) in [6.07, 6.45) is 9.94. The molecule has 20 heavy (non-hydrogen) atoms. The molecule has 2 fully saturated rings. The Morgan fingerprint density at radius 1 is 1.05 bits per heavy atom. The van der Waals surface area contributed by atoms with Crippen LogP contribution in [0.1, 0.15) is 51.4 Å². The van der Waals surface area contributed by atoms with E-state index in [1.54, 1.807) is 0 Å². The third-order valence-corrected chi connectivity index (χ3v) is 6.74. The molecule has 2 aliphatic rings. The molecule has 4 unspecified atom stereocenters. The monoisotopic (exact) mass is 303 g/mol. The molecular weight excluding hydrogens is 274 g/mol. The summed E-state index contributed by atoms with van der Waals surface area (Å²) in [6.45, 7) is 1.52. The van der Waals surface area contributed by atoms with Gasteiger partial charge in [0.25, 0.3) is 0 Å². The fourth-order valence-electron chi connectivity index (χ4n) is 3.72. The van der Waals surface area contributed by atoms with E-state index >= 15 is 0 Å². The highest BCUT2D eigenvalue weighted by Gasteiger charge is 2.31. The minimum absolute atomic E-state index is 0.129. The SMILES string of the molecule is CS(=O)(=O)C1CCCC(OCC2CCCCC2CN)C1. The van der Waals surface area contributed by atoms with E-state index in [1.807, 2.05) is 0 Å². The zero-order chi connectivity index (χ0) is 14.6. The quantitative estimate of drug-likeness (QED) is 0.844. The molecule has 0 aromatic rings. The van der Waals surface area contributed by atoms with Crippen LogP contribution in [-0.4, -0.2) is 39.2 Å². The Balaban J connectivity index is 1.81. The van der Waals surface area contributed by atoms with Crippen molar-refractivity contribution in [2.24, 2.45) is 17.6 Å². The maximum Gasteiger partial charge on any atom is 0.150 e. The number of ether oxygens (including phenoxy) is 1. The number of hydrogen-bond acceptors (Lipinski definition) is 4. The molecule has 0 aliphatic heterocycles. The van der Waals surface area contributed by atoms with Crippen LogP contribution in [0.4, 0.5) is 0 Å². The zero-order valence-electron chi connectivity index (χ0n) is 12.6. The van der Waals surface area contributed by atoms with E-state index in [0.717, 1.165) is 32.4 Å². The second-order valence-corrected chi connectivity index (χ2v) is 8.94. The summed E-state index contributed by atoms with van der Waals surface area (Å²) in [4.78, 5) is 0. The zero-order valence-corrected chi connectivity index (χ0v) is 13.4. The standard InChI is InChI=1S/C15H29NO3S/c1-20(17,18)15-8-4-7-14(9-15)19-11-13-6-3-2-5-12(13)10-16/h12-15H,2-11,16H2,1H3. The normalized spacial score (nSPS) is 35.9. The summed E-state index contributed by atoms with van der Waals surface area (Å²) in [7, 11) is -2.92. The largest absolute Gasteiger partial charge is 0.378 e. The molecule has 0 radical (unpaired) electrons. The first kappa shape index (κ1) is 16.2. The van der Waals surface area contributed by atoms with E-state index in [9.17, 15) is 8.42 Å². The van der Waals surface area contributed by atoms with Gasteiger partial charge in [-0.3, -0.25) is 0 Å². The lowest BCUT2D eigenvalue weighted by molar-refractivity contribution is -0.0103. The van der Waals surface area contributed by atoms with Crippen molar-refractivity contribution in [3.63, 3.8) is 0 Å². The lowest BCUT2D eigenvalue weighted by Gasteiger charge is -2.33. The smallest absolute Gasteiger partial charge is 0.150 e. The topological polar surface area (TPSA) is 69.4 Å². The predicted molar refractivity (Wildman–Crippen MR) is 81.3 cm³/mol. The van der Waals surface area contributed by atoms with Crippen LogP contribution in [0.5, 0.6) is 0 Å². The summed E-state index contributed by atoms with van der Waals surface area (Å²) in [6, 6.07) is 0. The summed E-state index contributed by atoms with van der Waals surface area (Å²) in [5.41, 5.74) is 5.85. The van der Waals surface area contributed by atoms with Crippen LogP contribution in [0.15, 0.2) is 0 Å². The fraction of sp³-hybridized carbons (Fsp3) is 1.00. The van der Waals surface area contributed by atoms with Crippen LogP contribution >= 0.6 is 0 Å². The second-order valence-electron chi connectivity index (χ2n) is 6.61. The number of rotatable bonds is 5. The van der Waals surface area contributed by atoms with Gasteiger partial charge in [0.2, 0.25) is 0 Å². The van der Waals surface area contributed by atoms with Crippen LogP contribution in [0.2, 0.25) is 0 Å². The van der Waals surface area contributed by atoms with Crippen LogP contribution in [0, 0.1) is 11.8 Å². The minimum atomic E-state index is -2.92. The van der Waals surface area contributed by atoms with Crippen LogP contribution < -0.4 is 5.73 Å². The highest BCUT2D eigenvalue weighted by Crippen LogP contribution is 2.31. The van der Waals surface area contributed by atoms with Crippen molar-refractivity contribution in [2.45, 2.75) is 62.7 Å². The molecular formula is C15H29NO3S. The average molecular weight is 303 g/mol. The molecule has 2 aliphatic carbocycles. The third-order valence-electron chi connectivity index (χ3n) is 5.10. The second kappa shape index (κ2) is 7.23. The van der Waals surface area contributed by atoms with Crippen molar-refractivity contribution < 1.29 is 13.2 Å². The summed E-state index contributed by atoms with van der Waals surface area (Å²) in [5, 5.41) is -0.196. The molecule has 0 bridgehead atoms. The van der Waals surface area contributed by atoms with Gasteiger partial charge in [-0.1, -0.05) is 12.8 Å². The minimum Gasteiger partial charge on any atom is -0.378 e.